The minimum Gasteiger partial charge on any atom is -0.350 e. The fourth-order valence-electron chi connectivity index (χ4n) is 3.55. The summed E-state index contributed by atoms with van der Waals surface area (Å²) in [4.78, 5) is 15.1. The molecule has 1 amide bonds. The molecule has 0 spiro atoms. The highest BCUT2D eigenvalue weighted by atomic mass is 35.5. The van der Waals surface area contributed by atoms with Gasteiger partial charge in [0.25, 0.3) is 15.9 Å². The fraction of sp³-hybridized carbons (Fsp3) is 0.409. The molecule has 1 heterocycles. The Bertz CT molecular complexity index is 985. The predicted octanol–water partition coefficient (Wildman–Crippen LogP) is 4.14. The van der Waals surface area contributed by atoms with Crippen molar-refractivity contribution in [1.82, 2.24) is 10.2 Å². The van der Waals surface area contributed by atoms with Gasteiger partial charge in [-0.1, -0.05) is 24.1 Å². The molecule has 0 unspecified atom stereocenters. The van der Waals surface area contributed by atoms with Gasteiger partial charge in [-0.3, -0.25) is 14.4 Å². The van der Waals surface area contributed by atoms with Crippen LogP contribution in [-0.2, 0) is 10.0 Å². The van der Waals surface area contributed by atoms with E-state index in [9.17, 15) is 13.2 Å². The second kappa shape index (κ2) is 9.37. The van der Waals surface area contributed by atoms with Crippen molar-refractivity contribution in [1.29, 1.82) is 0 Å². The van der Waals surface area contributed by atoms with E-state index in [4.69, 9.17) is 11.6 Å². The summed E-state index contributed by atoms with van der Waals surface area (Å²) in [6.45, 7) is 6.80. The zero-order valence-electron chi connectivity index (χ0n) is 17.3. The normalized spacial score (nSPS) is 15.6. The quantitative estimate of drug-likeness (QED) is 0.666. The number of sulfonamides is 1. The van der Waals surface area contributed by atoms with Crippen LogP contribution in [0.5, 0.6) is 0 Å². The number of likely N-dealkylation sites (tertiary alicyclic amines) is 1. The van der Waals surface area contributed by atoms with Crippen LogP contribution >= 0.6 is 11.6 Å². The topological polar surface area (TPSA) is 78.5 Å². The van der Waals surface area contributed by atoms with E-state index in [0.717, 1.165) is 13.1 Å². The van der Waals surface area contributed by atoms with Crippen molar-refractivity contribution >= 4 is 33.2 Å². The van der Waals surface area contributed by atoms with Crippen molar-refractivity contribution in [3.05, 3.63) is 59.1 Å². The number of benzene rings is 2. The van der Waals surface area contributed by atoms with Gasteiger partial charge in [0, 0.05) is 28.4 Å². The number of amides is 1. The van der Waals surface area contributed by atoms with Crippen LogP contribution in [0.25, 0.3) is 0 Å². The third kappa shape index (κ3) is 5.74. The molecule has 30 heavy (non-hydrogen) atoms. The highest BCUT2D eigenvalue weighted by molar-refractivity contribution is 7.92. The maximum absolute atomic E-state index is 12.7. The molecule has 1 aliphatic heterocycles. The number of hydrogen-bond acceptors (Lipinski definition) is 4. The molecule has 2 N–H and O–H groups in total. The van der Waals surface area contributed by atoms with Gasteiger partial charge in [-0.05, 0) is 82.2 Å². The number of hydrogen-bond donors (Lipinski definition) is 2. The van der Waals surface area contributed by atoms with Gasteiger partial charge in [0.15, 0.2) is 0 Å². The standard InChI is InChI=1S/C22H28ClN3O3S/c1-22(2,26-13-4-3-5-14-26)16-24-21(27)17-7-6-8-20(15-17)30(28,29)25-19-11-9-18(23)10-12-19/h6-12,15,25H,3-5,13-14,16H2,1-2H3,(H,24,27). The molecule has 2 aromatic rings. The van der Waals surface area contributed by atoms with Crippen LogP contribution in [0.3, 0.4) is 0 Å². The van der Waals surface area contributed by atoms with E-state index < -0.39 is 10.0 Å². The lowest BCUT2D eigenvalue weighted by Gasteiger charge is -2.41. The van der Waals surface area contributed by atoms with Gasteiger partial charge < -0.3 is 5.32 Å². The Labute approximate surface area is 183 Å². The number of nitrogens with one attached hydrogen (secondary N) is 2. The second-order valence-electron chi connectivity index (χ2n) is 8.18. The maximum Gasteiger partial charge on any atom is 0.261 e. The van der Waals surface area contributed by atoms with E-state index in [1.54, 1.807) is 36.4 Å². The van der Waals surface area contributed by atoms with Crippen molar-refractivity contribution in [2.24, 2.45) is 0 Å². The molecule has 0 bridgehead atoms. The average Bonchev–Trinajstić information content (AvgIpc) is 2.74. The van der Waals surface area contributed by atoms with Crippen molar-refractivity contribution < 1.29 is 13.2 Å². The van der Waals surface area contributed by atoms with Gasteiger partial charge in [0.05, 0.1) is 4.90 Å². The zero-order chi connectivity index (χ0) is 21.8. The number of anilines is 1. The number of carbonyl (C=O) groups is 1. The Morgan fingerprint density at radius 3 is 2.40 bits per heavy atom. The molecule has 6 nitrogen and oxygen atoms in total. The van der Waals surface area contributed by atoms with Crippen molar-refractivity contribution in [2.45, 2.75) is 43.5 Å². The second-order valence-corrected chi connectivity index (χ2v) is 10.3. The minimum atomic E-state index is -3.82. The van der Waals surface area contributed by atoms with E-state index >= 15 is 0 Å². The average molecular weight is 450 g/mol. The van der Waals surface area contributed by atoms with E-state index in [1.165, 1.54) is 31.4 Å². The summed E-state index contributed by atoms with van der Waals surface area (Å²) in [5.74, 6) is -0.288. The molecule has 0 aromatic heterocycles. The van der Waals surface area contributed by atoms with E-state index in [2.05, 4.69) is 28.8 Å². The lowest BCUT2D eigenvalue weighted by molar-refractivity contribution is 0.0797. The Morgan fingerprint density at radius 1 is 1.07 bits per heavy atom. The Hall–Kier alpha value is -2.09. The van der Waals surface area contributed by atoms with Crippen LogP contribution in [0.15, 0.2) is 53.4 Å². The first-order valence-electron chi connectivity index (χ1n) is 10.1. The molecule has 1 fully saturated rings. The summed E-state index contributed by atoms with van der Waals surface area (Å²) < 4.78 is 27.9. The third-order valence-electron chi connectivity index (χ3n) is 5.40. The van der Waals surface area contributed by atoms with Gasteiger partial charge in [-0.15, -0.1) is 0 Å². The Kier molecular flexibility index (Phi) is 7.06. The van der Waals surface area contributed by atoms with Crippen LogP contribution in [0.2, 0.25) is 5.02 Å². The molecular weight excluding hydrogens is 422 g/mol. The molecular formula is C22H28ClN3O3S. The highest BCUT2D eigenvalue weighted by Gasteiger charge is 2.28. The van der Waals surface area contributed by atoms with Gasteiger partial charge >= 0.3 is 0 Å². The Balaban J connectivity index is 1.67. The SMILES string of the molecule is CC(C)(CNC(=O)c1cccc(S(=O)(=O)Nc2ccc(Cl)cc2)c1)N1CCCCC1. The molecule has 3 rings (SSSR count). The summed E-state index contributed by atoms with van der Waals surface area (Å²) in [7, 11) is -3.82. The molecule has 162 valence electrons. The molecule has 0 saturated carbocycles. The Morgan fingerprint density at radius 2 is 1.73 bits per heavy atom. The minimum absolute atomic E-state index is 0.0281. The van der Waals surface area contributed by atoms with E-state index in [-0.39, 0.29) is 16.3 Å². The molecule has 0 atom stereocenters. The summed E-state index contributed by atoms with van der Waals surface area (Å²) >= 11 is 5.84. The number of carbonyl (C=O) groups excluding carboxylic acids is 1. The molecule has 1 saturated heterocycles. The lowest BCUT2D eigenvalue weighted by Crippen LogP contribution is -2.53. The van der Waals surface area contributed by atoms with E-state index in [1.807, 2.05) is 0 Å². The monoisotopic (exact) mass is 449 g/mol. The van der Waals surface area contributed by atoms with Crippen LogP contribution in [0.4, 0.5) is 5.69 Å². The summed E-state index contributed by atoms with van der Waals surface area (Å²) in [6, 6.07) is 12.4. The summed E-state index contributed by atoms with van der Waals surface area (Å²) in [5, 5.41) is 3.48. The highest BCUT2D eigenvalue weighted by Crippen LogP contribution is 2.21. The zero-order valence-corrected chi connectivity index (χ0v) is 18.9. The van der Waals surface area contributed by atoms with Gasteiger partial charge in [-0.2, -0.15) is 0 Å². The van der Waals surface area contributed by atoms with Crippen molar-refractivity contribution in [2.75, 3.05) is 24.4 Å². The van der Waals surface area contributed by atoms with Crippen molar-refractivity contribution in [3.63, 3.8) is 0 Å². The van der Waals surface area contributed by atoms with Crippen LogP contribution in [0, 0.1) is 0 Å². The van der Waals surface area contributed by atoms with Gasteiger partial charge in [-0.25, -0.2) is 8.42 Å². The number of piperidine rings is 1. The third-order valence-corrected chi connectivity index (χ3v) is 7.03. The van der Waals surface area contributed by atoms with E-state index in [0.29, 0.717) is 22.8 Å². The molecule has 1 aliphatic rings. The number of halogens is 1. The molecule has 2 aromatic carbocycles. The predicted molar refractivity (Wildman–Crippen MR) is 121 cm³/mol. The lowest BCUT2D eigenvalue weighted by atomic mass is 9.98. The largest absolute Gasteiger partial charge is 0.350 e. The first-order valence-corrected chi connectivity index (χ1v) is 12.0. The van der Waals surface area contributed by atoms with Crippen LogP contribution in [0.1, 0.15) is 43.5 Å². The van der Waals surface area contributed by atoms with Crippen LogP contribution in [-0.4, -0.2) is 44.4 Å². The first-order chi connectivity index (χ1) is 14.2. The number of rotatable bonds is 7. The molecule has 0 aliphatic carbocycles. The summed E-state index contributed by atoms with van der Waals surface area (Å²) in [6.07, 6.45) is 3.61. The van der Waals surface area contributed by atoms with Crippen molar-refractivity contribution in [3.8, 4) is 0 Å². The molecule has 8 heteroatoms. The van der Waals surface area contributed by atoms with Crippen LogP contribution < -0.4 is 10.0 Å². The fourth-order valence-corrected chi connectivity index (χ4v) is 4.78. The van der Waals surface area contributed by atoms with Gasteiger partial charge in [0.1, 0.15) is 0 Å². The summed E-state index contributed by atoms with van der Waals surface area (Å²) in [5.41, 5.74) is 0.552. The number of nitrogens with zero attached hydrogens (tertiary/aromatic N) is 1. The maximum atomic E-state index is 12.7. The molecule has 0 radical (unpaired) electrons. The smallest absolute Gasteiger partial charge is 0.261 e. The van der Waals surface area contributed by atoms with Gasteiger partial charge in [0.2, 0.25) is 0 Å². The first kappa shape index (κ1) is 22.6.